The van der Waals surface area contributed by atoms with Gasteiger partial charge in [-0.2, -0.15) is 5.26 Å². The summed E-state index contributed by atoms with van der Waals surface area (Å²) in [6, 6.07) is 7.89. The highest BCUT2D eigenvalue weighted by Gasteiger charge is 2.09. The van der Waals surface area contributed by atoms with E-state index in [4.69, 9.17) is 11.0 Å². The first-order valence-electron chi connectivity index (χ1n) is 4.37. The lowest BCUT2D eigenvalue weighted by Crippen LogP contribution is -2.09. The molecule has 0 bridgehead atoms. The Bertz CT molecular complexity index is 477. The van der Waals surface area contributed by atoms with Crippen LogP contribution in [0.15, 0.2) is 29.2 Å². The van der Waals surface area contributed by atoms with Gasteiger partial charge < -0.3 is 5.73 Å². The summed E-state index contributed by atoms with van der Waals surface area (Å²) in [5.41, 5.74) is 6.46. The van der Waals surface area contributed by atoms with E-state index < -0.39 is 9.84 Å². The average Bonchev–Trinajstić information content (AvgIpc) is 2.17. The van der Waals surface area contributed by atoms with Crippen molar-refractivity contribution in [1.82, 2.24) is 0 Å². The van der Waals surface area contributed by atoms with Gasteiger partial charge in [-0.3, -0.25) is 0 Å². The lowest BCUT2D eigenvalue weighted by atomic mass is 10.1. The van der Waals surface area contributed by atoms with E-state index in [2.05, 4.69) is 0 Å². The second-order valence-corrected chi connectivity index (χ2v) is 5.33. The molecule has 1 rings (SSSR count). The van der Waals surface area contributed by atoms with Crippen molar-refractivity contribution in [1.29, 1.82) is 5.26 Å². The fraction of sp³-hybridized carbons (Fsp3) is 0.300. The van der Waals surface area contributed by atoms with Gasteiger partial charge >= 0.3 is 0 Å². The number of hydrogen-bond acceptors (Lipinski definition) is 4. The summed E-state index contributed by atoms with van der Waals surface area (Å²) in [4.78, 5) is 0.260. The van der Waals surface area contributed by atoms with E-state index in [0.717, 1.165) is 11.8 Å². The van der Waals surface area contributed by atoms with E-state index in [-0.39, 0.29) is 29.8 Å². The van der Waals surface area contributed by atoms with Crippen LogP contribution in [0.4, 0.5) is 0 Å². The monoisotopic (exact) mass is 260 g/mol. The van der Waals surface area contributed by atoms with Gasteiger partial charge in [0.2, 0.25) is 0 Å². The van der Waals surface area contributed by atoms with Crippen molar-refractivity contribution in [3.63, 3.8) is 0 Å². The number of halogens is 1. The molecule has 1 unspecified atom stereocenters. The van der Waals surface area contributed by atoms with Crippen molar-refractivity contribution in [2.75, 3.05) is 6.26 Å². The molecule has 88 valence electrons. The summed E-state index contributed by atoms with van der Waals surface area (Å²) in [7, 11) is -3.16. The first-order valence-corrected chi connectivity index (χ1v) is 6.27. The third kappa shape index (κ3) is 3.81. The fourth-order valence-corrected chi connectivity index (χ4v) is 1.81. The highest BCUT2D eigenvalue weighted by Crippen LogP contribution is 2.16. The third-order valence-electron chi connectivity index (χ3n) is 2.05. The molecular formula is C10H13ClN2O2S. The smallest absolute Gasteiger partial charge is 0.175 e. The molecule has 0 aliphatic heterocycles. The van der Waals surface area contributed by atoms with Gasteiger partial charge in [0.05, 0.1) is 17.4 Å². The number of nitrogens with two attached hydrogens (primary N) is 1. The van der Waals surface area contributed by atoms with E-state index in [9.17, 15) is 8.42 Å². The number of sulfone groups is 1. The molecule has 0 aliphatic rings. The van der Waals surface area contributed by atoms with Crippen LogP contribution in [0, 0.1) is 11.3 Å². The second kappa shape index (κ2) is 5.85. The maximum absolute atomic E-state index is 11.2. The maximum atomic E-state index is 11.2. The van der Waals surface area contributed by atoms with Crippen molar-refractivity contribution in [3.8, 4) is 6.07 Å². The SMILES string of the molecule is CS(=O)(=O)c1ccc(C(N)CC#N)cc1.Cl. The largest absolute Gasteiger partial charge is 0.323 e. The number of benzene rings is 1. The van der Waals surface area contributed by atoms with Crippen molar-refractivity contribution >= 4 is 22.2 Å². The van der Waals surface area contributed by atoms with Crippen LogP contribution in [-0.4, -0.2) is 14.7 Å². The summed E-state index contributed by atoms with van der Waals surface area (Å²) in [6.45, 7) is 0. The summed E-state index contributed by atoms with van der Waals surface area (Å²) < 4.78 is 22.3. The zero-order valence-corrected chi connectivity index (χ0v) is 10.4. The Hall–Kier alpha value is -1.09. The molecule has 0 heterocycles. The molecule has 16 heavy (non-hydrogen) atoms. The van der Waals surface area contributed by atoms with Crippen LogP contribution in [0.25, 0.3) is 0 Å². The molecule has 0 spiro atoms. The maximum Gasteiger partial charge on any atom is 0.175 e. The minimum absolute atomic E-state index is 0. The Balaban J connectivity index is 0.00000225. The Morgan fingerprint density at radius 1 is 1.38 bits per heavy atom. The van der Waals surface area contributed by atoms with E-state index in [1.165, 1.54) is 12.1 Å². The zero-order chi connectivity index (χ0) is 11.5. The molecule has 0 saturated carbocycles. The van der Waals surface area contributed by atoms with Crippen LogP contribution < -0.4 is 5.73 Å². The molecule has 0 amide bonds. The second-order valence-electron chi connectivity index (χ2n) is 3.31. The third-order valence-corrected chi connectivity index (χ3v) is 3.18. The van der Waals surface area contributed by atoms with Crippen molar-refractivity contribution < 1.29 is 8.42 Å². The molecule has 1 aromatic carbocycles. The minimum atomic E-state index is -3.16. The minimum Gasteiger partial charge on any atom is -0.323 e. The highest BCUT2D eigenvalue weighted by atomic mass is 35.5. The lowest BCUT2D eigenvalue weighted by Gasteiger charge is -2.07. The van der Waals surface area contributed by atoms with Crippen molar-refractivity contribution in [2.45, 2.75) is 17.4 Å². The molecular weight excluding hydrogens is 248 g/mol. The van der Waals surface area contributed by atoms with Crippen LogP contribution >= 0.6 is 12.4 Å². The molecule has 0 aromatic heterocycles. The van der Waals surface area contributed by atoms with Gasteiger partial charge in [-0.1, -0.05) is 12.1 Å². The Labute approximate surface area is 101 Å². The Kier molecular flexibility index (Phi) is 5.45. The predicted molar refractivity (Wildman–Crippen MR) is 64.0 cm³/mol. The van der Waals surface area contributed by atoms with E-state index in [1.807, 2.05) is 6.07 Å². The Morgan fingerprint density at radius 3 is 2.25 bits per heavy atom. The van der Waals surface area contributed by atoms with Gasteiger partial charge in [0.1, 0.15) is 0 Å². The van der Waals surface area contributed by atoms with Crippen molar-refractivity contribution in [2.24, 2.45) is 5.73 Å². The lowest BCUT2D eigenvalue weighted by molar-refractivity contribution is 0.601. The highest BCUT2D eigenvalue weighted by molar-refractivity contribution is 7.90. The summed E-state index contributed by atoms with van der Waals surface area (Å²) in [6.07, 6.45) is 1.37. The normalized spacial score (nSPS) is 12.3. The molecule has 0 aliphatic carbocycles. The number of nitriles is 1. The summed E-state index contributed by atoms with van der Waals surface area (Å²) >= 11 is 0. The molecule has 1 atom stereocenters. The summed E-state index contributed by atoms with van der Waals surface area (Å²) in [5.74, 6) is 0. The molecule has 2 N–H and O–H groups in total. The Morgan fingerprint density at radius 2 is 1.88 bits per heavy atom. The van der Waals surface area contributed by atoms with Crippen LogP contribution in [0.2, 0.25) is 0 Å². The average molecular weight is 261 g/mol. The van der Waals surface area contributed by atoms with Crippen LogP contribution in [0.5, 0.6) is 0 Å². The van der Waals surface area contributed by atoms with E-state index in [0.29, 0.717) is 0 Å². The van der Waals surface area contributed by atoms with Crippen LogP contribution in [0.3, 0.4) is 0 Å². The van der Waals surface area contributed by atoms with Crippen molar-refractivity contribution in [3.05, 3.63) is 29.8 Å². The quantitative estimate of drug-likeness (QED) is 0.891. The standard InChI is InChI=1S/C10H12N2O2S.ClH/c1-15(13,14)9-4-2-8(3-5-9)10(12)6-7-11;/h2-5,10H,6,12H2,1H3;1H. The van der Waals surface area contributed by atoms with Gasteiger partial charge in [0.25, 0.3) is 0 Å². The zero-order valence-electron chi connectivity index (χ0n) is 8.75. The van der Waals surface area contributed by atoms with Gasteiger partial charge in [-0.05, 0) is 17.7 Å². The van der Waals surface area contributed by atoms with E-state index >= 15 is 0 Å². The van der Waals surface area contributed by atoms with Gasteiger partial charge in [0.15, 0.2) is 9.84 Å². The van der Waals surface area contributed by atoms with Gasteiger partial charge in [-0.25, -0.2) is 8.42 Å². The van der Waals surface area contributed by atoms with Crippen LogP contribution in [0.1, 0.15) is 18.0 Å². The predicted octanol–water partition coefficient (Wildman–Crippen LogP) is 1.43. The number of hydrogen-bond donors (Lipinski definition) is 1. The number of nitrogens with zero attached hydrogens (tertiary/aromatic N) is 1. The van der Waals surface area contributed by atoms with Crippen LogP contribution in [-0.2, 0) is 9.84 Å². The molecule has 0 fully saturated rings. The summed E-state index contributed by atoms with van der Waals surface area (Å²) in [5, 5.41) is 8.46. The van der Waals surface area contributed by atoms with Gasteiger partial charge in [0, 0.05) is 12.3 Å². The molecule has 6 heteroatoms. The first-order chi connectivity index (χ1) is 6.95. The fourth-order valence-electron chi connectivity index (χ4n) is 1.18. The number of rotatable bonds is 3. The molecule has 4 nitrogen and oxygen atoms in total. The molecule has 0 saturated heterocycles. The van der Waals surface area contributed by atoms with E-state index in [1.54, 1.807) is 12.1 Å². The molecule has 0 radical (unpaired) electrons. The van der Waals surface area contributed by atoms with Gasteiger partial charge in [-0.15, -0.1) is 12.4 Å². The molecule has 1 aromatic rings. The topological polar surface area (TPSA) is 83.9 Å². The first kappa shape index (κ1) is 14.9.